The Labute approximate surface area is 83.4 Å². The zero-order valence-corrected chi connectivity index (χ0v) is 8.40. The van der Waals surface area contributed by atoms with Crippen molar-refractivity contribution in [3.63, 3.8) is 0 Å². The Morgan fingerprint density at radius 1 is 1.71 bits per heavy atom. The van der Waals surface area contributed by atoms with Crippen molar-refractivity contribution in [1.29, 1.82) is 0 Å². The number of nitrogens with zero attached hydrogens (tertiary/aromatic N) is 1. The summed E-state index contributed by atoms with van der Waals surface area (Å²) in [6.07, 6.45) is 1.01. The van der Waals surface area contributed by atoms with E-state index in [1.165, 1.54) is 0 Å². The van der Waals surface area contributed by atoms with E-state index >= 15 is 0 Å². The van der Waals surface area contributed by atoms with Crippen LogP contribution in [0, 0.1) is 5.92 Å². The summed E-state index contributed by atoms with van der Waals surface area (Å²) in [6.45, 7) is 2.90. The van der Waals surface area contributed by atoms with E-state index in [0.29, 0.717) is 25.9 Å². The zero-order chi connectivity index (χ0) is 10.7. The molecule has 4 N–H and O–H groups in total. The summed E-state index contributed by atoms with van der Waals surface area (Å²) in [5, 5.41) is 0. The van der Waals surface area contributed by atoms with Gasteiger partial charge in [0.15, 0.2) is 0 Å². The molecule has 1 heterocycles. The molecular formula is C9H17N3O2. The number of hydrogen-bond donors (Lipinski definition) is 2. The summed E-state index contributed by atoms with van der Waals surface area (Å²) in [5.74, 6) is -0.263. The number of nitrogens with two attached hydrogens (primary N) is 2. The third kappa shape index (κ3) is 2.04. The Balaban J connectivity index is 2.68. The number of amides is 2. The normalized spacial score (nSPS) is 24.0. The van der Waals surface area contributed by atoms with Crippen LogP contribution in [0.4, 0.5) is 0 Å². The fourth-order valence-corrected chi connectivity index (χ4v) is 1.84. The minimum Gasteiger partial charge on any atom is -0.368 e. The summed E-state index contributed by atoms with van der Waals surface area (Å²) in [4.78, 5) is 24.1. The highest BCUT2D eigenvalue weighted by molar-refractivity contribution is 5.87. The van der Waals surface area contributed by atoms with E-state index in [-0.39, 0.29) is 11.8 Å². The van der Waals surface area contributed by atoms with Crippen LogP contribution < -0.4 is 11.5 Å². The average Bonchev–Trinajstić information content (AvgIpc) is 2.48. The molecule has 0 saturated carbocycles. The van der Waals surface area contributed by atoms with Gasteiger partial charge >= 0.3 is 0 Å². The molecule has 0 aromatic heterocycles. The predicted molar refractivity (Wildman–Crippen MR) is 52.1 cm³/mol. The molecule has 1 aliphatic rings. The van der Waals surface area contributed by atoms with Gasteiger partial charge in [0.2, 0.25) is 11.8 Å². The lowest BCUT2D eigenvalue weighted by atomic mass is 10.1. The van der Waals surface area contributed by atoms with Crippen LogP contribution in [0.1, 0.15) is 19.8 Å². The van der Waals surface area contributed by atoms with E-state index < -0.39 is 11.9 Å². The lowest BCUT2D eigenvalue weighted by Crippen LogP contribution is -2.45. The smallest absolute Gasteiger partial charge is 0.240 e. The van der Waals surface area contributed by atoms with E-state index in [0.717, 1.165) is 0 Å². The van der Waals surface area contributed by atoms with E-state index in [2.05, 4.69) is 0 Å². The lowest BCUT2D eigenvalue weighted by Gasteiger charge is -2.24. The number of carbonyl (C=O) groups excluding carboxylic acids is 2. The van der Waals surface area contributed by atoms with Gasteiger partial charge in [-0.3, -0.25) is 9.59 Å². The maximum Gasteiger partial charge on any atom is 0.240 e. The van der Waals surface area contributed by atoms with Crippen LogP contribution in [0.3, 0.4) is 0 Å². The maximum atomic E-state index is 11.5. The summed E-state index contributed by atoms with van der Waals surface area (Å²) < 4.78 is 0. The van der Waals surface area contributed by atoms with Crippen molar-refractivity contribution in [1.82, 2.24) is 4.90 Å². The molecule has 2 atom stereocenters. The molecule has 1 saturated heterocycles. The van der Waals surface area contributed by atoms with Crippen molar-refractivity contribution in [3.8, 4) is 0 Å². The van der Waals surface area contributed by atoms with Crippen molar-refractivity contribution in [2.75, 3.05) is 13.1 Å². The second-order valence-corrected chi connectivity index (χ2v) is 3.68. The topological polar surface area (TPSA) is 89.4 Å². The average molecular weight is 199 g/mol. The molecule has 0 aliphatic carbocycles. The van der Waals surface area contributed by atoms with E-state index in [1.807, 2.05) is 6.92 Å². The van der Waals surface area contributed by atoms with E-state index in [4.69, 9.17) is 11.5 Å². The minimum atomic E-state index is -0.459. The molecule has 1 rings (SSSR count). The molecule has 14 heavy (non-hydrogen) atoms. The van der Waals surface area contributed by atoms with Crippen LogP contribution >= 0.6 is 0 Å². The van der Waals surface area contributed by atoms with Crippen LogP contribution in [0.25, 0.3) is 0 Å². The first-order chi connectivity index (χ1) is 6.60. The van der Waals surface area contributed by atoms with Crippen LogP contribution in [-0.2, 0) is 9.59 Å². The van der Waals surface area contributed by atoms with Gasteiger partial charge in [-0.05, 0) is 18.9 Å². The zero-order valence-electron chi connectivity index (χ0n) is 8.40. The maximum absolute atomic E-state index is 11.5. The van der Waals surface area contributed by atoms with Gasteiger partial charge in [-0.2, -0.15) is 0 Å². The molecule has 0 spiro atoms. The van der Waals surface area contributed by atoms with Gasteiger partial charge in [0.25, 0.3) is 0 Å². The Morgan fingerprint density at radius 2 is 2.36 bits per heavy atom. The first kappa shape index (κ1) is 11.0. The van der Waals surface area contributed by atoms with Crippen molar-refractivity contribution in [2.24, 2.45) is 17.4 Å². The molecule has 2 amide bonds. The predicted octanol–water partition coefficient (Wildman–Crippen LogP) is -0.942. The second kappa shape index (κ2) is 4.41. The molecular weight excluding hydrogens is 182 g/mol. The largest absolute Gasteiger partial charge is 0.368 e. The van der Waals surface area contributed by atoms with Gasteiger partial charge in [0.05, 0.1) is 0 Å². The molecule has 0 aromatic rings. The van der Waals surface area contributed by atoms with Gasteiger partial charge in [-0.15, -0.1) is 0 Å². The Kier molecular flexibility index (Phi) is 3.46. The first-order valence-corrected chi connectivity index (χ1v) is 4.89. The fraction of sp³-hybridized carbons (Fsp3) is 0.778. The van der Waals surface area contributed by atoms with Crippen molar-refractivity contribution in [3.05, 3.63) is 0 Å². The van der Waals surface area contributed by atoms with Gasteiger partial charge in [0.1, 0.15) is 6.04 Å². The second-order valence-electron chi connectivity index (χ2n) is 3.68. The number of likely N-dealkylation sites (tertiary alicyclic amines) is 1. The summed E-state index contributed by atoms with van der Waals surface area (Å²) in [7, 11) is 0. The molecule has 0 unspecified atom stereocenters. The van der Waals surface area contributed by atoms with Crippen molar-refractivity contribution in [2.45, 2.75) is 25.8 Å². The molecule has 5 nitrogen and oxygen atoms in total. The number of carbonyl (C=O) groups is 2. The van der Waals surface area contributed by atoms with E-state index in [9.17, 15) is 9.59 Å². The Morgan fingerprint density at radius 3 is 2.71 bits per heavy atom. The SMILES string of the molecule is CC[C@H](C(N)=O)N1C[C@H](CN)CC1=O. The van der Waals surface area contributed by atoms with E-state index in [1.54, 1.807) is 4.90 Å². The molecule has 5 heteroatoms. The molecule has 0 aromatic carbocycles. The quantitative estimate of drug-likeness (QED) is 0.612. The van der Waals surface area contributed by atoms with Gasteiger partial charge in [0, 0.05) is 13.0 Å². The Hall–Kier alpha value is -1.10. The lowest BCUT2D eigenvalue weighted by molar-refractivity contribution is -0.136. The minimum absolute atomic E-state index is 0.00824. The monoisotopic (exact) mass is 199 g/mol. The van der Waals surface area contributed by atoms with Gasteiger partial charge in [-0.1, -0.05) is 6.92 Å². The van der Waals surface area contributed by atoms with Crippen LogP contribution in [0.2, 0.25) is 0 Å². The van der Waals surface area contributed by atoms with Crippen LogP contribution in [0.5, 0.6) is 0 Å². The number of rotatable bonds is 4. The molecule has 80 valence electrons. The standard InChI is InChI=1S/C9H17N3O2/c1-2-7(9(11)14)12-5-6(4-10)3-8(12)13/h6-7H,2-5,10H2,1H3,(H2,11,14)/t6-,7+/m0/s1. The molecule has 1 aliphatic heterocycles. The summed E-state index contributed by atoms with van der Waals surface area (Å²) in [6, 6.07) is -0.459. The number of primary amides is 1. The van der Waals surface area contributed by atoms with Gasteiger partial charge < -0.3 is 16.4 Å². The van der Waals surface area contributed by atoms with Crippen LogP contribution in [0.15, 0.2) is 0 Å². The highest BCUT2D eigenvalue weighted by Gasteiger charge is 2.35. The third-order valence-corrected chi connectivity index (χ3v) is 2.66. The first-order valence-electron chi connectivity index (χ1n) is 4.89. The highest BCUT2D eigenvalue weighted by Crippen LogP contribution is 2.20. The molecule has 0 radical (unpaired) electrons. The highest BCUT2D eigenvalue weighted by atomic mass is 16.2. The summed E-state index contributed by atoms with van der Waals surface area (Å²) in [5.41, 5.74) is 10.7. The van der Waals surface area contributed by atoms with Crippen molar-refractivity contribution >= 4 is 11.8 Å². The third-order valence-electron chi connectivity index (χ3n) is 2.66. The van der Waals surface area contributed by atoms with Gasteiger partial charge in [-0.25, -0.2) is 0 Å². The van der Waals surface area contributed by atoms with Crippen molar-refractivity contribution < 1.29 is 9.59 Å². The summed E-state index contributed by atoms with van der Waals surface area (Å²) >= 11 is 0. The fourth-order valence-electron chi connectivity index (χ4n) is 1.84. The Bertz CT molecular complexity index is 242. The molecule has 0 bridgehead atoms. The molecule has 1 fully saturated rings. The number of hydrogen-bond acceptors (Lipinski definition) is 3. The van der Waals surface area contributed by atoms with Crippen LogP contribution in [-0.4, -0.2) is 35.8 Å².